The minimum absolute atomic E-state index is 0.271. The van der Waals surface area contributed by atoms with Crippen LogP contribution in [0.3, 0.4) is 0 Å². The first-order valence-electron chi connectivity index (χ1n) is 8.36. The SMILES string of the molecule is CCC(C)c1ccc2nc(-c3cccc(OC)c3)cc(C(=O)O)c2c1. The number of aromatic carboxylic acids is 1. The van der Waals surface area contributed by atoms with Gasteiger partial charge in [0.15, 0.2) is 0 Å². The number of carboxylic acid groups (broad SMARTS) is 1. The summed E-state index contributed by atoms with van der Waals surface area (Å²) in [6.07, 6.45) is 1.00. The van der Waals surface area contributed by atoms with Crippen molar-refractivity contribution < 1.29 is 14.6 Å². The highest BCUT2D eigenvalue weighted by Gasteiger charge is 2.15. The predicted molar refractivity (Wildman–Crippen MR) is 99.4 cm³/mol. The predicted octanol–water partition coefficient (Wildman–Crippen LogP) is 5.12. The van der Waals surface area contributed by atoms with Gasteiger partial charge in [0.25, 0.3) is 0 Å². The zero-order chi connectivity index (χ0) is 18.0. The van der Waals surface area contributed by atoms with Crippen molar-refractivity contribution in [2.45, 2.75) is 26.2 Å². The highest BCUT2D eigenvalue weighted by Crippen LogP contribution is 2.29. The van der Waals surface area contributed by atoms with Gasteiger partial charge in [0, 0.05) is 10.9 Å². The molecule has 25 heavy (non-hydrogen) atoms. The molecule has 3 aromatic rings. The molecule has 1 N–H and O–H groups in total. The normalized spacial score (nSPS) is 12.1. The molecule has 0 aliphatic rings. The second-order valence-electron chi connectivity index (χ2n) is 6.18. The largest absolute Gasteiger partial charge is 0.497 e. The molecule has 1 heterocycles. The van der Waals surface area contributed by atoms with Crippen LogP contribution < -0.4 is 4.74 Å². The molecule has 0 amide bonds. The van der Waals surface area contributed by atoms with E-state index in [1.807, 2.05) is 42.5 Å². The van der Waals surface area contributed by atoms with Gasteiger partial charge in [0.05, 0.1) is 23.9 Å². The fourth-order valence-corrected chi connectivity index (χ4v) is 2.89. The first-order valence-corrected chi connectivity index (χ1v) is 8.36. The average Bonchev–Trinajstić information content (AvgIpc) is 2.65. The van der Waals surface area contributed by atoms with Crippen molar-refractivity contribution in [1.29, 1.82) is 0 Å². The van der Waals surface area contributed by atoms with Crippen molar-refractivity contribution in [2.75, 3.05) is 7.11 Å². The number of benzene rings is 2. The molecule has 0 saturated heterocycles. The number of hydrogen-bond donors (Lipinski definition) is 1. The van der Waals surface area contributed by atoms with Gasteiger partial charge in [0.1, 0.15) is 5.75 Å². The molecule has 1 aromatic heterocycles. The van der Waals surface area contributed by atoms with Crippen LogP contribution in [0, 0.1) is 0 Å². The Kier molecular flexibility index (Phi) is 4.70. The second-order valence-corrected chi connectivity index (χ2v) is 6.18. The third-order valence-corrected chi connectivity index (χ3v) is 4.61. The summed E-state index contributed by atoms with van der Waals surface area (Å²) >= 11 is 0. The molecule has 4 nitrogen and oxygen atoms in total. The van der Waals surface area contributed by atoms with Crippen LogP contribution in [0.1, 0.15) is 42.1 Å². The van der Waals surface area contributed by atoms with E-state index in [1.165, 1.54) is 0 Å². The summed E-state index contributed by atoms with van der Waals surface area (Å²) in [5.41, 5.74) is 3.54. The lowest BCUT2D eigenvalue weighted by molar-refractivity contribution is 0.0699. The minimum Gasteiger partial charge on any atom is -0.497 e. The van der Waals surface area contributed by atoms with E-state index in [0.717, 1.165) is 17.5 Å². The summed E-state index contributed by atoms with van der Waals surface area (Å²) in [5.74, 6) is 0.144. The van der Waals surface area contributed by atoms with Gasteiger partial charge in [-0.3, -0.25) is 0 Å². The molecule has 0 bridgehead atoms. The molecule has 0 aliphatic carbocycles. The summed E-state index contributed by atoms with van der Waals surface area (Å²) in [4.78, 5) is 16.5. The summed E-state index contributed by atoms with van der Waals surface area (Å²) in [6, 6.07) is 15.0. The summed E-state index contributed by atoms with van der Waals surface area (Å²) in [5, 5.41) is 10.4. The lowest BCUT2D eigenvalue weighted by Crippen LogP contribution is -2.02. The molecule has 3 rings (SSSR count). The van der Waals surface area contributed by atoms with E-state index in [1.54, 1.807) is 13.2 Å². The van der Waals surface area contributed by atoms with Crippen molar-refractivity contribution in [3.05, 3.63) is 59.7 Å². The maximum Gasteiger partial charge on any atom is 0.336 e. The summed E-state index contributed by atoms with van der Waals surface area (Å²) in [6.45, 7) is 4.26. The Hall–Kier alpha value is -2.88. The molecule has 128 valence electrons. The molecule has 0 saturated carbocycles. The Bertz CT molecular complexity index is 934. The van der Waals surface area contributed by atoms with Gasteiger partial charge in [0.2, 0.25) is 0 Å². The number of carboxylic acids is 1. The van der Waals surface area contributed by atoms with Gasteiger partial charge in [-0.15, -0.1) is 0 Å². The quantitative estimate of drug-likeness (QED) is 0.703. The zero-order valence-electron chi connectivity index (χ0n) is 14.6. The monoisotopic (exact) mass is 335 g/mol. The molecule has 0 spiro atoms. The van der Waals surface area contributed by atoms with Crippen LogP contribution in [0.5, 0.6) is 5.75 Å². The second kappa shape index (κ2) is 6.93. The number of nitrogens with zero attached hydrogens (tertiary/aromatic N) is 1. The summed E-state index contributed by atoms with van der Waals surface area (Å²) in [7, 11) is 1.60. The highest BCUT2D eigenvalue weighted by molar-refractivity contribution is 6.04. The maximum absolute atomic E-state index is 11.8. The Morgan fingerprint density at radius 1 is 1.20 bits per heavy atom. The Balaban J connectivity index is 2.21. The van der Waals surface area contributed by atoms with Crippen molar-refractivity contribution in [1.82, 2.24) is 4.98 Å². The topological polar surface area (TPSA) is 59.4 Å². The molecule has 2 aromatic carbocycles. The average molecular weight is 335 g/mol. The van der Waals surface area contributed by atoms with Crippen LogP contribution in [0.4, 0.5) is 0 Å². The van der Waals surface area contributed by atoms with Crippen LogP contribution in [-0.4, -0.2) is 23.2 Å². The van der Waals surface area contributed by atoms with Crippen molar-refractivity contribution in [2.24, 2.45) is 0 Å². The number of fused-ring (bicyclic) bond motifs is 1. The van der Waals surface area contributed by atoms with E-state index >= 15 is 0 Å². The van der Waals surface area contributed by atoms with Crippen LogP contribution in [-0.2, 0) is 0 Å². The minimum atomic E-state index is -0.946. The van der Waals surface area contributed by atoms with Gasteiger partial charge >= 0.3 is 5.97 Å². The number of aromatic nitrogens is 1. The molecule has 0 fully saturated rings. The molecular weight excluding hydrogens is 314 g/mol. The molecule has 1 atom stereocenters. The maximum atomic E-state index is 11.8. The van der Waals surface area contributed by atoms with E-state index in [4.69, 9.17) is 4.74 Å². The molecule has 1 unspecified atom stereocenters. The van der Waals surface area contributed by atoms with Gasteiger partial charge in [-0.1, -0.05) is 32.0 Å². The zero-order valence-corrected chi connectivity index (χ0v) is 14.6. The van der Waals surface area contributed by atoms with Crippen molar-refractivity contribution >= 4 is 16.9 Å². The summed E-state index contributed by atoms with van der Waals surface area (Å²) < 4.78 is 5.25. The lowest BCUT2D eigenvalue weighted by atomic mass is 9.95. The van der Waals surface area contributed by atoms with Crippen LogP contribution in [0.2, 0.25) is 0 Å². The fraction of sp³-hybridized carbons (Fsp3) is 0.238. The molecule has 0 radical (unpaired) electrons. The van der Waals surface area contributed by atoms with Gasteiger partial charge < -0.3 is 9.84 Å². The fourth-order valence-electron chi connectivity index (χ4n) is 2.89. The lowest BCUT2D eigenvalue weighted by Gasteiger charge is -2.12. The number of methoxy groups -OCH3 is 1. The Morgan fingerprint density at radius 3 is 2.68 bits per heavy atom. The number of rotatable bonds is 5. The van der Waals surface area contributed by atoms with Crippen LogP contribution >= 0.6 is 0 Å². The van der Waals surface area contributed by atoms with Crippen LogP contribution in [0.15, 0.2) is 48.5 Å². The number of ether oxygens (including phenoxy) is 1. The number of carbonyl (C=O) groups is 1. The molecule has 4 heteroatoms. The van der Waals surface area contributed by atoms with E-state index in [0.29, 0.717) is 28.3 Å². The van der Waals surface area contributed by atoms with E-state index in [-0.39, 0.29) is 5.56 Å². The molecular formula is C21H21NO3. The van der Waals surface area contributed by atoms with E-state index in [2.05, 4.69) is 18.8 Å². The highest BCUT2D eigenvalue weighted by atomic mass is 16.5. The third-order valence-electron chi connectivity index (χ3n) is 4.61. The smallest absolute Gasteiger partial charge is 0.336 e. The number of hydrogen-bond acceptors (Lipinski definition) is 3. The van der Waals surface area contributed by atoms with Crippen molar-refractivity contribution in [3.63, 3.8) is 0 Å². The van der Waals surface area contributed by atoms with Gasteiger partial charge in [-0.05, 0) is 48.2 Å². The van der Waals surface area contributed by atoms with Crippen LogP contribution in [0.25, 0.3) is 22.2 Å². The van der Waals surface area contributed by atoms with E-state index in [9.17, 15) is 9.90 Å². The van der Waals surface area contributed by atoms with Crippen molar-refractivity contribution in [3.8, 4) is 17.0 Å². The molecule has 0 aliphatic heterocycles. The van der Waals surface area contributed by atoms with Gasteiger partial charge in [-0.2, -0.15) is 0 Å². The Morgan fingerprint density at radius 2 is 2.00 bits per heavy atom. The van der Waals surface area contributed by atoms with Gasteiger partial charge in [-0.25, -0.2) is 9.78 Å². The Labute approximate surface area is 147 Å². The van der Waals surface area contributed by atoms with E-state index < -0.39 is 5.97 Å². The third kappa shape index (κ3) is 3.33. The first-order chi connectivity index (χ1) is 12.0. The first kappa shape index (κ1) is 17.0. The number of pyridine rings is 1. The standard InChI is InChI=1S/C21H21NO3/c1-4-13(2)14-8-9-19-17(11-14)18(21(23)24)12-20(22-19)15-6-5-7-16(10-15)25-3/h5-13H,4H2,1-3H3,(H,23,24).